The second kappa shape index (κ2) is 14.3. The van der Waals surface area contributed by atoms with E-state index in [0.29, 0.717) is 27.2 Å². The van der Waals surface area contributed by atoms with Crippen LogP contribution in [0, 0.1) is 0 Å². The number of benzene rings is 3. The van der Waals surface area contributed by atoms with E-state index in [-0.39, 0.29) is 30.2 Å². The molecule has 200 valence electrons. The molecule has 2 amide bonds. The first-order valence-corrected chi connectivity index (χ1v) is 15.1. The van der Waals surface area contributed by atoms with Gasteiger partial charge in [0.25, 0.3) is 0 Å². The van der Waals surface area contributed by atoms with E-state index in [4.69, 9.17) is 34.8 Å². The van der Waals surface area contributed by atoms with Crippen molar-refractivity contribution >= 4 is 58.4 Å². The number of nitrogens with one attached hydrogen (secondary N) is 1. The van der Waals surface area contributed by atoms with Crippen LogP contribution in [0.25, 0.3) is 0 Å². The van der Waals surface area contributed by atoms with Crippen LogP contribution in [0.4, 0.5) is 0 Å². The summed E-state index contributed by atoms with van der Waals surface area (Å²) >= 11 is 20.4. The summed E-state index contributed by atoms with van der Waals surface area (Å²) in [5.41, 5.74) is 2.67. The number of rotatable bonds is 11. The summed E-state index contributed by atoms with van der Waals surface area (Å²) in [6.07, 6.45) is 4.59. The quantitative estimate of drug-likeness (QED) is 0.251. The summed E-state index contributed by atoms with van der Waals surface area (Å²) in [5, 5.41) is 4.97. The van der Waals surface area contributed by atoms with Gasteiger partial charge in [0.05, 0.1) is 5.75 Å². The van der Waals surface area contributed by atoms with E-state index in [1.807, 2.05) is 48.5 Å². The summed E-state index contributed by atoms with van der Waals surface area (Å²) in [6, 6.07) is 22.1. The first-order chi connectivity index (χ1) is 18.4. The van der Waals surface area contributed by atoms with Crippen molar-refractivity contribution in [2.24, 2.45) is 0 Å². The molecular formula is C30H31Cl3N2O2S. The topological polar surface area (TPSA) is 49.4 Å². The van der Waals surface area contributed by atoms with Crippen LogP contribution in [0.1, 0.15) is 42.4 Å². The van der Waals surface area contributed by atoms with Crippen LogP contribution in [-0.4, -0.2) is 34.6 Å². The Morgan fingerprint density at radius 1 is 0.895 bits per heavy atom. The summed E-state index contributed by atoms with van der Waals surface area (Å²) < 4.78 is 0. The molecule has 0 heterocycles. The standard InChI is InChI=1S/C30H31Cl3N2O2S/c31-23-11-6-10-22(16-23)18-35(29(36)20-38-19-25-26(32)14-7-15-27(25)33)28(17-21-8-2-1-3-9-21)30(37)34-24-12-4-5-13-24/h1-3,6-11,14-16,24,28H,4-5,12-13,17-20H2,(H,34,37)/t28-/m0/s1. The van der Waals surface area contributed by atoms with Crippen LogP contribution in [0.2, 0.25) is 15.1 Å². The molecule has 1 fully saturated rings. The number of nitrogens with zero attached hydrogens (tertiary/aromatic N) is 1. The van der Waals surface area contributed by atoms with Crippen LogP contribution in [0.5, 0.6) is 0 Å². The van der Waals surface area contributed by atoms with E-state index in [1.165, 1.54) is 11.8 Å². The van der Waals surface area contributed by atoms with Gasteiger partial charge in [0.2, 0.25) is 11.8 Å². The molecule has 38 heavy (non-hydrogen) atoms. The Morgan fingerprint density at radius 2 is 1.55 bits per heavy atom. The highest BCUT2D eigenvalue weighted by Gasteiger charge is 2.32. The smallest absolute Gasteiger partial charge is 0.243 e. The molecule has 0 unspecified atom stereocenters. The molecule has 1 N–H and O–H groups in total. The monoisotopic (exact) mass is 588 g/mol. The Balaban J connectivity index is 1.58. The van der Waals surface area contributed by atoms with E-state index >= 15 is 0 Å². The number of carbonyl (C=O) groups excluding carboxylic acids is 2. The first-order valence-electron chi connectivity index (χ1n) is 12.8. The normalized spacial score (nSPS) is 14.3. The minimum absolute atomic E-state index is 0.115. The molecule has 3 aromatic carbocycles. The van der Waals surface area contributed by atoms with Crippen LogP contribution in [0.3, 0.4) is 0 Å². The molecule has 0 saturated heterocycles. The largest absolute Gasteiger partial charge is 0.352 e. The highest BCUT2D eigenvalue weighted by atomic mass is 35.5. The van der Waals surface area contributed by atoms with Gasteiger partial charge in [-0.2, -0.15) is 0 Å². The van der Waals surface area contributed by atoms with E-state index in [1.54, 1.807) is 29.2 Å². The van der Waals surface area contributed by atoms with Gasteiger partial charge in [-0.25, -0.2) is 0 Å². The summed E-state index contributed by atoms with van der Waals surface area (Å²) in [7, 11) is 0. The van der Waals surface area contributed by atoms with Crippen LogP contribution in [0.15, 0.2) is 72.8 Å². The summed E-state index contributed by atoms with van der Waals surface area (Å²) in [6.45, 7) is 0.280. The predicted molar refractivity (Wildman–Crippen MR) is 159 cm³/mol. The maximum absolute atomic E-state index is 13.8. The fourth-order valence-corrected chi connectivity index (χ4v) is 6.61. The van der Waals surface area contributed by atoms with Gasteiger partial charge < -0.3 is 10.2 Å². The van der Waals surface area contributed by atoms with Gasteiger partial charge in [-0.15, -0.1) is 11.8 Å². The highest BCUT2D eigenvalue weighted by Crippen LogP contribution is 2.29. The average molecular weight is 590 g/mol. The molecule has 4 nitrogen and oxygen atoms in total. The maximum Gasteiger partial charge on any atom is 0.243 e. The van der Waals surface area contributed by atoms with Gasteiger partial charge in [-0.1, -0.05) is 96.2 Å². The van der Waals surface area contributed by atoms with Crippen LogP contribution >= 0.6 is 46.6 Å². The van der Waals surface area contributed by atoms with Gasteiger partial charge in [0.15, 0.2) is 0 Å². The predicted octanol–water partition coefficient (Wildman–Crippen LogP) is 7.58. The van der Waals surface area contributed by atoms with Gasteiger partial charge in [-0.05, 0) is 53.8 Å². The van der Waals surface area contributed by atoms with Gasteiger partial charge in [0, 0.05) is 39.8 Å². The number of thioether (sulfide) groups is 1. The number of carbonyl (C=O) groups is 2. The minimum atomic E-state index is -0.658. The molecule has 8 heteroatoms. The van der Waals surface area contributed by atoms with Gasteiger partial charge in [-0.3, -0.25) is 9.59 Å². The summed E-state index contributed by atoms with van der Waals surface area (Å²) in [4.78, 5) is 29.2. The van der Waals surface area contributed by atoms with Crippen molar-refractivity contribution < 1.29 is 9.59 Å². The zero-order valence-electron chi connectivity index (χ0n) is 21.0. The number of amides is 2. The third-order valence-electron chi connectivity index (χ3n) is 6.75. The molecule has 1 aliphatic carbocycles. The lowest BCUT2D eigenvalue weighted by Crippen LogP contribution is -2.52. The zero-order chi connectivity index (χ0) is 26.9. The molecule has 4 rings (SSSR count). The molecule has 0 bridgehead atoms. The fourth-order valence-electron chi connectivity index (χ4n) is 4.75. The Hall–Kier alpha value is -2.18. The van der Waals surface area contributed by atoms with Gasteiger partial charge in [0.1, 0.15) is 6.04 Å². The average Bonchev–Trinajstić information content (AvgIpc) is 3.41. The highest BCUT2D eigenvalue weighted by molar-refractivity contribution is 7.99. The van der Waals surface area contributed by atoms with Crippen molar-refractivity contribution in [3.63, 3.8) is 0 Å². The second-order valence-corrected chi connectivity index (χ2v) is 11.8. The van der Waals surface area contributed by atoms with Crippen LogP contribution < -0.4 is 5.32 Å². The Morgan fingerprint density at radius 3 is 2.24 bits per heavy atom. The van der Waals surface area contributed by atoms with E-state index < -0.39 is 6.04 Å². The van der Waals surface area contributed by atoms with E-state index in [2.05, 4.69) is 5.32 Å². The van der Waals surface area contributed by atoms with Crippen LogP contribution in [-0.2, 0) is 28.3 Å². The summed E-state index contributed by atoms with van der Waals surface area (Å²) in [5.74, 6) is 0.438. The molecule has 3 aromatic rings. The van der Waals surface area contributed by atoms with Crippen molar-refractivity contribution in [3.05, 3.63) is 105 Å². The minimum Gasteiger partial charge on any atom is -0.352 e. The van der Waals surface area contributed by atoms with Crippen molar-refractivity contribution in [2.75, 3.05) is 5.75 Å². The number of hydrogen-bond acceptors (Lipinski definition) is 3. The number of hydrogen-bond donors (Lipinski definition) is 1. The maximum atomic E-state index is 13.8. The zero-order valence-corrected chi connectivity index (χ0v) is 24.1. The Kier molecular flexibility index (Phi) is 10.8. The molecule has 0 aliphatic heterocycles. The lowest BCUT2D eigenvalue weighted by molar-refractivity contribution is -0.139. The van der Waals surface area contributed by atoms with Crippen molar-refractivity contribution in [2.45, 2.75) is 56.5 Å². The molecular weight excluding hydrogens is 559 g/mol. The second-order valence-electron chi connectivity index (χ2n) is 9.54. The number of halogens is 3. The van der Waals surface area contributed by atoms with Crippen molar-refractivity contribution in [1.82, 2.24) is 10.2 Å². The lowest BCUT2D eigenvalue weighted by Gasteiger charge is -2.32. The Labute approximate surface area is 244 Å². The SMILES string of the molecule is O=C(NC1CCCC1)[C@H](Cc1ccccc1)N(Cc1cccc(Cl)c1)C(=O)CSCc1c(Cl)cccc1Cl. The fraction of sp³-hybridized carbons (Fsp3) is 0.333. The van der Waals surface area contributed by atoms with Crippen molar-refractivity contribution in [1.29, 1.82) is 0 Å². The van der Waals surface area contributed by atoms with Crippen molar-refractivity contribution in [3.8, 4) is 0 Å². The molecule has 1 atom stereocenters. The first kappa shape index (κ1) is 28.8. The third kappa shape index (κ3) is 8.16. The van der Waals surface area contributed by atoms with Gasteiger partial charge >= 0.3 is 0 Å². The molecule has 1 aliphatic rings. The molecule has 0 aromatic heterocycles. The molecule has 0 radical (unpaired) electrons. The molecule has 1 saturated carbocycles. The molecule has 0 spiro atoms. The lowest BCUT2D eigenvalue weighted by atomic mass is 10.0. The third-order valence-corrected chi connectivity index (χ3v) is 8.64. The Bertz CT molecular complexity index is 1210. The van der Waals surface area contributed by atoms with E-state index in [9.17, 15) is 9.59 Å². The van der Waals surface area contributed by atoms with E-state index in [0.717, 1.165) is 42.4 Å².